The number of nitrogens with zero attached hydrogens (tertiary/aromatic N) is 3. The molecule has 2 heterocycles. The number of H-pyrrole nitrogens is 1. The number of aliphatic imine (C=N–C) groups is 1. The molecule has 0 radical (unpaired) electrons. The average Bonchev–Trinajstić information content (AvgIpc) is 3.71. The van der Waals surface area contributed by atoms with Gasteiger partial charge in [-0.05, 0) is 43.4 Å². The highest BCUT2D eigenvalue weighted by molar-refractivity contribution is 5.95. The Kier molecular flexibility index (Phi) is 12.7. The summed E-state index contributed by atoms with van der Waals surface area (Å²) in [6.07, 6.45) is 4.07. The maximum absolute atomic E-state index is 13.9. The Balaban J connectivity index is 1.77. The van der Waals surface area contributed by atoms with Crippen molar-refractivity contribution < 1.29 is 34.2 Å². The van der Waals surface area contributed by atoms with Gasteiger partial charge in [-0.1, -0.05) is 12.1 Å². The van der Waals surface area contributed by atoms with Crippen LogP contribution in [0.2, 0.25) is 0 Å². The highest BCUT2D eigenvalue weighted by atomic mass is 16.4. The molecule has 1 aromatic carbocycles. The number of hydrogen-bond donors (Lipinski definition) is 9. The predicted octanol–water partition coefficient (Wildman–Crippen LogP) is -2.56. The molecule has 0 spiro atoms. The number of likely N-dealkylation sites (tertiary alicyclic amines) is 1. The fourth-order valence-corrected chi connectivity index (χ4v) is 4.95. The second kappa shape index (κ2) is 16.6. The largest absolute Gasteiger partial charge is 0.508 e. The van der Waals surface area contributed by atoms with Crippen LogP contribution in [0.4, 0.5) is 0 Å². The van der Waals surface area contributed by atoms with Gasteiger partial charge < -0.3 is 53.2 Å². The van der Waals surface area contributed by atoms with Gasteiger partial charge >= 0.3 is 5.97 Å². The fourth-order valence-electron chi connectivity index (χ4n) is 4.95. The summed E-state index contributed by atoms with van der Waals surface area (Å²) >= 11 is 0. The summed E-state index contributed by atoms with van der Waals surface area (Å²) in [7, 11) is 0. The van der Waals surface area contributed by atoms with E-state index in [0.717, 1.165) is 0 Å². The maximum Gasteiger partial charge on any atom is 0.326 e. The maximum atomic E-state index is 13.9. The molecule has 17 nitrogen and oxygen atoms in total. The first kappa shape index (κ1) is 34.3. The van der Waals surface area contributed by atoms with Gasteiger partial charge in [-0.3, -0.25) is 24.2 Å². The number of carboxylic acids is 1. The van der Waals surface area contributed by atoms with E-state index in [-0.39, 0.29) is 57.0 Å². The van der Waals surface area contributed by atoms with E-state index < -0.39 is 53.8 Å². The van der Waals surface area contributed by atoms with E-state index in [1.807, 2.05) is 0 Å². The molecule has 1 saturated heterocycles. The molecule has 12 N–H and O–H groups in total. The minimum Gasteiger partial charge on any atom is -0.508 e. The molecule has 0 saturated carbocycles. The minimum absolute atomic E-state index is 0.0177. The number of aliphatic carboxylic acids is 1. The van der Waals surface area contributed by atoms with E-state index in [1.165, 1.54) is 29.6 Å². The number of carbonyl (C=O) groups is 5. The van der Waals surface area contributed by atoms with Crippen LogP contribution in [0.15, 0.2) is 41.8 Å². The summed E-state index contributed by atoms with van der Waals surface area (Å²) < 4.78 is 0. The monoisotopic (exact) mass is 628 g/mol. The Labute approximate surface area is 259 Å². The standard InChI is InChI=1S/C28H40N10O7/c29-13-23(40)35-20(12-17-14-32-15-34-17)24(41)36-19(3-1-9-33-28(30)31)26(43)38-10-2-4-22(38)25(42)37-21(27(44)45)11-16-5-7-18(39)8-6-16/h5-8,14-15,19-22,39H,1-4,9-13,29H2,(H,32,34)(H,35,40)(H,36,41)(H,37,42)(H,44,45)(H4,30,31,33)/t19-,20-,21-,22-/m0/s1. The molecule has 1 aromatic heterocycles. The Morgan fingerprint density at radius 1 is 1.04 bits per heavy atom. The van der Waals surface area contributed by atoms with Crippen LogP contribution in [0.5, 0.6) is 5.75 Å². The number of carboxylic acid groups (broad SMARTS) is 1. The molecule has 1 aliphatic rings. The third-order valence-corrected chi connectivity index (χ3v) is 7.21. The Hall–Kier alpha value is -5.19. The zero-order chi connectivity index (χ0) is 32.9. The van der Waals surface area contributed by atoms with E-state index in [2.05, 4.69) is 30.9 Å². The number of guanidine groups is 1. The van der Waals surface area contributed by atoms with Gasteiger partial charge in [-0.25, -0.2) is 9.78 Å². The number of carbonyl (C=O) groups excluding carboxylic acids is 4. The number of hydrogen-bond acceptors (Lipinski definition) is 9. The molecule has 244 valence electrons. The first-order chi connectivity index (χ1) is 21.5. The van der Waals surface area contributed by atoms with Gasteiger partial charge in [-0.15, -0.1) is 0 Å². The van der Waals surface area contributed by atoms with Crippen LogP contribution < -0.4 is 33.2 Å². The second-order valence-electron chi connectivity index (χ2n) is 10.6. The summed E-state index contributed by atoms with van der Waals surface area (Å²) in [4.78, 5) is 76.7. The van der Waals surface area contributed by atoms with Gasteiger partial charge in [0.15, 0.2) is 5.96 Å². The molecule has 1 aliphatic heterocycles. The number of benzene rings is 1. The van der Waals surface area contributed by atoms with Crippen LogP contribution in [0.25, 0.3) is 0 Å². The normalized spacial score (nSPS) is 16.2. The van der Waals surface area contributed by atoms with E-state index in [9.17, 15) is 34.2 Å². The lowest BCUT2D eigenvalue weighted by Crippen LogP contribution is -2.58. The van der Waals surface area contributed by atoms with Crippen molar-refractivity contribution in [2.75, 3.05) is 19.6 Å². The SMILES string of the molecule is NCC(=O)N[C@@H](Cc1cnc[nH]1)C(=O)N[C@@H](CCCN=C(N)N)C(=O)N1CCC[C@H]1C(=O)N[C@@H](Cc1ccc(O)cc1)C(=O)O. The Morgan fingerprint density at radius 2 is 1.78 bits per heavy atom. The van der Waals surface area contributed by atoms with Crippen molar-refractivity contribution in [3.05, 3.63) is 48.0 Å². The molecule has 0 unspecified atom stereocenters. The van der Waals surface area contributed by atoms with Crippen molar-refractivity contribution in [3.8, 4) is 5.75 Å². The quantitative estimate of drug-likeness (QED) is 0.0529. The van der Waals surface area contributed by atoms with Gasteiger partial charge in [0, 0.05) is 37.8 Å². The number of nitrogens with one attached hydrogen (secondary N) is 4. The number of phenolic OH excluding ortho intramolecular Hbond substituents is 1. The van der Waals surface area contributed by atoms with Gasteiger partial charge in [0.2, 0.25) is 23.6 Å². The van der Waals surface area contributed by atoms with Crippen LogP contribution >= 0.6 is 0 Å². The number of rotatable bonds is 16. The highest BCUT2D eigenvalue weighted by Gasteiger charge is 2.39. The molecule has 45 heavy (non-hydrogen) atoms. The summed E-state index contributed by atoms with van der Waals surface area (Å²) in [5, 5.41) is 27.0. The Bertz CT molecular complexity index is 1350. The average molecular weight is 629 g/mol. The summed E-state index contributed by atoms with van der Waals surface area (Å²) in [6.45, 7) is 0.0155. The molecule has 17 heteroatoms. The van der Waals surface area contributed by atoms with E-state index in [4.69, 9.17) is 17.2 Å². The number of aromatic hydroxyl groups is 1. The molecule has 0 aliphatic carbocycles. The van der Waals surface area contributed by atoms with Crippen molar-refractivity contribution in [2.45, 2.75) is 62.7 Å². The molecular formula is C28H40N10O7. The van der Waals surface area contributed by atoms with Gasteiger partial charge in [0.05, 0.1) is 12.9 Å². The van der Waals surface area contributed by atoms with Crippen LogP contribution in [0.3, 0.4) is 0 Å². The summed E-state index contributed by atoms with van der Waals surface area (Å²) in [5.41, 5.74) is 17.4. The zero-order valence-corrected chi connectivity index (χ0v) is 24.6. The second-order valence-corrected chi connectivity index (χ2v) is 10.6. The lowest BCUT2D eigenvalue weighted by Gasteiger charge is -2.30. The van der Waals surface area contributed by atoms with E-state index in [0.29, 0.717) is 24.1 Å². The highest BCUT2D eigenvalue weighted by Crippen LogP contribution is 2.21. The number of nitrogens with two attached hydrogens (primary N) is 3. The molecule has 3 rings (SSSR count). The Morgan fingerprint density at radius 3 is 2.40 bits per heavy atom. The van der Waals surface area contributed by atoms with Gasteiger partial charge in [0.1, 0.15) is 29.9 Å². The third-order valence-electron chi connectivity index (χ3n) is 7.21. The molecule has 4 atom stereocenters. The zero-order valence-electron chi connectivity index (χ0n) is 24.6. The molecule has 1 fully saturated rings. The first-order valence-electron chi connectivity index (χ1n) is 14.4. The van der Waals surface area contributed by atoms with Crippen molar-refractivity contribution in [1.82, 2.24) is 30.8 Å². The molecule has 4 amide bonds. The predicted molar refractivity (Wildman–Crippen MR) is 161 cm³/mol. The molecule has 0 bridgehead atoms. The smallest absolute Gasteiger partial charge is 0.326 e. The van der Waals surface area contributed by atoms with Crippen molar-refractivity contribution in [3.63, 3.8) is 0 Å². The number of phenols is 1. The van der Waals surface area contributed by atoms with Crippen LogP contribution in [0, 0.1) is 0 Å². The third kappa shape index (κ3) is 10.5. The van der Waals surface area contributed by atoms with Crippen molar-refractivity contribution >= 4 is 35.6 Å². The number of imidazole rings is 1. The number of aromatic amines is 1. The lowest BCUT2D eigenvalue weighted by molar-refractivity contribution is -0.145. The van der Waals surface area contributed by atoms with Crippen LogP contribution in [0.1, 0.15) is 36.9 Å². The molecular weight excluding hydrogens is 588 g/mol. The molecule has 2 aromatic rings. The van der Waals surface area contributed by atoms with Crippen molar-refractivity contribution in [2.24, 2.45) is 22.2 Å². The van der Waals surface area contributed by atoms with Gasteiger partial charge in [-0.2, -0.15) is 0 Å². The van der Waals surface area contributed by atoms with E-state index in [1.54, 1.807) is 12.1 Å². The summed E-state index contributed by atoms with van der Waals surface area (Å²) in [5.74, 6) is -3.83. The van der Waals surface area contributed by atoms with Gasteiger partial charge in [0.25, 0.3) is 0 Å². The number of aromatic nitrogens is 2. The summed E-state index contributed by atoms with van der Waals surface area (Å²) in [6, 6.07) is 1.45. The van der Waals surface area contributed by atoms with Crippen LogP contribution in [-0.2, 0) is 36.8 Å². The fraction of sp³-hybridized carbons (Fsp3) is 0.464. The van der Waals surface area contributed by atoms with Crippen LogP contribution in [-0.4, -0.2) is 104 Å². The van der Waals surface area contributed by atoms with Crippen molar-refractivity contribution in [1.29, 1.82) is 0 Å². The minimum atomic E-state index is -1.29. The first-order valence-corrected chi connectivity index (χ1v) is 14.4. The lowest BCUT2D eigenvalue weighted by atomic mass is 10.0. The topological polar surface area (TPSA) is 284 Å². The number of amides is 4. The van der Waals surface area contributed by atoms with E-state index >= 15 is 0 Å².